The summed E-state index contributed by atoms with van der Waals surface area (Å²) in [4.78, 5) is 25.0. The zero-order valence-electron chi connectivity index (χ0n) is 19.4. The van der Waals surface area contributed by atoms with Crippen LogP contribution in [0.2, 0.25) is 0 Å². The Morgan fingerprint density at radius 2 is 1.56 bits per heavy atom. The highest BCUT2D eigenvalue weighted by Gasteiger charge is 2.19. The highest BCUT2D eigenvalue weighted by molar-refractivity contribution is 5.91. The molecular formula is C28H29NO5. The summed E-state index contributed by atoms with van der Waals surface area (Å²) in [6.45, 7) is 0.116. The molecule has 3 aromatic carbocycles. The third-order valence-corrected chi connectivity index (χ3v) is 5.20. The van der Waals surface area contributed by atoms with E-state index in [0.29, 0.717) is 23.5 Å². The van der Waals surface area contributed by atoms with Crippen molar-refractivity contribution in [3.8, 4) is 11.5 Å². The fraction of sp³-hybridized carbons (Fsp3) is 0.214. The van der Waals surface area contributed by atoms with Crippen LogP contribution in [0.25, 0.3) is 6.08 Å². The molecule has 6 nitrogen and oxygen atoms in total. The zero-order chi connectivity index (χ0) is 24.2. The number of hydrogen-bond donors (Lipinski definition) is 1. The first kappa shape index (κ1) is 24.6. The monoisotopic (exact) mass is 459 g/mol. The molecule has 0 aliphatic carbocycles. The molecule has 1 N–H and O–H groups in total. The predicted molar refractivity (Wildman–Crippen MR) is 132 cm³/mol. The van der Waals surface area contributed by atoms with E-state index in [1.165, 1.54) is 6.08 Å². The Labute approximate surface area is 200 Å². The molecule has 1 atom stereocenters. The molecule has 0 fully saturated rings. The van der Waals surface area contributed by atoms with Crippen LogP contribution in [0.5, 0.6) is 11.5 Å². The van der Waals surface area contributed by atoms with Gasteiger partial charge >= 0.3 is 5.97 Å². The van der Waals surface area contributed by atoms with Gasteiger partial charge in [0.25, 0.3) is 0 Å². The number of carbonyl (C=O) groups excluding carboxylic acids is 2. The Hall–Kier alpha value is -4.06. The van der Waals surface area contributed by atoms with Crippen LogP contribution in [0.4, 0.5) is 0 Å². The van der Waals surface area contributed by atoms with Crippen molar-refractivity contribution in [3.05, 3.63) is 102 Å². The number of hydrogen-bond acceptors (Lipinski definition) is 5. The Morgan fingerprint density at radius 3 is 2.24 bits per heavy atom. The quantitative estimate of drug-likeness (QED) is 0.331. The fourth-order valence-electron chi connectivity index (χ4n) is 3.38. The lowest BCUT2D eigenvalue weighted by Gasteiger charge is -2.20. The zero-order valence-corrected chi connectivity index (χ0v) is 19.4. The first-order valence-corrected chi connectivity index (χ1v) is 11.1. The Kier molecular flexibility index (Phi) is 9.29. The molecule has 3 aromatic rings. The number of aryl methyl sites for hydroxylation is 1. The third-order valence-electron chi connectivity index (χ3n) is 5.20. The van der Waals surface area contributed by atoms with Gasteiger partial charge in [0.15, 0.2) is 11.5 Å². The van der Waals surface area contributed by atoms with Gasteiger partial charge in [0.05, 0.1) is 20.8 Å². The lowest BCUT2D eigenvalue weighted by molar-refractivity contribution is -0.149. The van der Waals surface area contributed by atoms with Gasteiger partial charge in [-0.15, -0.1) is 0 Å². The maximum atomic E-state index is 12.6. The second-order valence-corrected chi connectivity index (χ2v) is 7.57. The van der Waals surface area contributed by atoms with Gasteiger partial charge < -0.3 is 19.5 Å². The molecule has 1 amide bonds. The molecule has 0 saturated heterocycles. The van der Waals surface area contributed by atoms with Crippen LogP contribution in [0.3, 0.4) is 0 Å². The normalized spacial score (nSPS) is 11.6. The molecule has 0 radical (unpaired) electrons. The van der Waals surface area contributed by atoms with Gasteiger partial charge in [-0.3, -0.25) is 9.59 Å². The fourth-order valence-corrected chi connectivity index (χ4v) is 3.38. The summed E-state index contributed by atoms with van der Waals surface area (Å²) >= 11 is 0. The van der Waals surface area contributed by atoms with E-state index in [-0.39, 0.29) is 24.8 Å². The van der Waals surface area contributed by atoms with Gasteiger partial charge in [-0.2, -0.15) is 0 Å². The largest absolute Gasteiger partial charge is 0.493 e. The average molecular weight is 460 g/mol. The lowest BCUT2D eigenvalue weighted by Crippen LogP contribution is -2.29. The summed E-state index contributed by atoms with van der Waals surface area (Å²) in [5.41, 5.74) is 2.67. The van der Waals surface area contributed by atoms with Crippen molar-refractivity contribution in [2.24, 2.45) is 0 Å². The lowest BCUT2D eigenvalue weighted by atomic mass is 10.1. The van der Waals surface area contributed by atoms with Crippen LogP contribution in [0, 0.1) is 0 Å². The Bertz CT molecular complexity index is 1100. The number of methoxy groups -OCH3 is 2. The van der Waals surface area contributed by atoms with Gasteiger partial charge in [-0.1, -0.05) is 66.7 Å². The maximum absolute atomic E-state index is 12.6. The van der Waals surface area contributed by atoms with Crippen LogP contribution in [0.15, 0.2) is 84.9 Å². The summed E-state index contributed by atoms with van der Waals surface area (Å²) in [5.74, 6) is 0.447. The van der Waals surface area contributed by atoms with E-state index in [2.05, 4.69) is 5.32 Å². The smallest absolute Gasteiger partial charge is 0.306 e. The minimum atomic E-state index is -0.683. The minimum absolute atomic E-state index is 0.116. The molecule has 0 heterocycles. The first-order chi connectivity index (χ1) is 16.6. The standard InChI is InChI=1S/C28H29NO5/c1-32-24-16-15-23(19-25(24)33-2)26(34-28(31)18-14-22-11-7-4-8-12-22)20-29-27(30)17-13-21-9-5-3-6-10-21/h3-13,15-17,19,26H,14,18,20H2,1-2H3,(H,29,30)/t26-/m1/s1. The molecule has 0 spiro atoms. The third kappa shape index (κ3) is 7.52. The molecule has 0 aliphatic rings. The van der Waals surface area contributed by atoms with Crippen LogP contribution in [-0.4, -0.2) is 32.6 Å². The first-order valence-electron chi connectivity index (χ1n) is 11.1. The van der Waals surface area contributed by atoms with E-state index in [1.807, 2.05) is 60.7 Å². The van der Waals surface area contributed by atoms with E-state index in [4.69, 9.17) is 14.2 Å². The van der Waals surface area contributed by atoms with Gasteiger partial charge in [0.1, 0.15) is 6.10 Å². The van der Waals surface area contributed by atoms with E-state index < -0.39 is 6.10 Å². The van der Waals surface area contributed by atoms with Crippen molar-refractivity contribution in [2.75, 3.05) is 20.8 Å². The molecule has 0 saturated carbocycles. The molecule has 6 heteroatoms. The van der Waals surface area contributed by atoms with Crippen molar-refractivity contribution in [3.63, 3.8) is 0 Å². The summed E-state index contributed by atoms with van der Waals surface area (Å²) < 4.78 is 16.5. The maximum Gasteiger partial charge on any atom is 0.306 e. The van der Waals surface area contributed by atoms with Crippen LogP contribution < -0.4 is 14.8 Å². The van der Waals surface area contributed by atoms with Gasteiger partial charge in [-0.05, 0) is 41.3 Å². The van der Waals surface area contributed by atoms with E-state index in [1.54, 1.807) is 38.5 Å². The summed E-state index contributed by atoms with van der Waals surface area (Å²) in [6.07, 6.45) is 3.31. The molecule has 0 aromatic heterocycles. The topological polar surface area (TPSA) is 73.9 Å². The summed E-state index contributed by atoms with van der Waals surface area (Å²) in [6, 6.07) is 24.6. The summed E-state index contributed by atoms with van der Waals surface area (Å²) in [7, 11) is 3.09. The molecule has 176 valence electrons. The van der Waals surface area contributed by atoms with Crippen molar-refractivity contribution < 1.29 is 23.8 Å². The highest BCUT2D eigenvalue weighted by Crippen LogP contribution is 2.31. The molecule has 0 aliphatic heterocycles. The number of carbonyl (C=O) groups is 2. The second-order valence-electron chi connectivity index (χ2n) is 7.57. The number of benzene rings is 3. The number of ether oxygens (including phenoxy) is 3. The van der Waals surface area contributed by atoms with E-state index in [0.717, 1.165) is 11.1 Å². The van der Waals surface area contributed by atoms with Gasteiger partial charge in [0.2, 0.25) is 5.91 Å². The predicted octanol–water partition coefficient (Wildman–Crippen LogP) is 4.75. The molecule has 0 bridgehead atoms. The van der Waals surface area contributed by atoms with Crippen LogP contribution >= 0.6 is 0 Å². The van der Waals surface area contributed by atoms with Gasteiger partial charge in [-0.25, -0.2) is 0 Å². The van der Waals surface area contributed by atoms with E-state index >= 15 is 0 Å². The van der Waals surface area contributed by atoms with E-state index in [9.17, 15) is 9.59 Å². The van der Waals surface area contributed by atoms with Crippen molar-refractivity contribution in [2.45, 2.75) is 18.9 Å². The highest BCUT2D eigenvalue weighted by atomic mass is 16.5. The number of esters is 1. The number of nitrogens with one attached hydrogen (secondary N) is 1. The minimum Gasteiger partial charge on any atom is -0.493 e. The Balaban J connectivity index is 1.68. The molecule has 0 unspecified atom stereocenters. The van der Waals surface area contributed by atoms with Crippen LogP contribution in [-0.2, 0) is 20.7 Å². The van der Waals surface area contributed by atoms with Crippen LogP contribution in [0.1, 0.15) is 29.2 Å². The van der Waals surface area contributed by atoms with Crippen molar-refractivity contribution in [1.29, 1.82) is 0 Å². The molecule has 34 heavy (non-hydrogen) atoms. The molecule has 3 rings (SSSR count). The number of amides is 1. The van der Waals surface area contributed by atoms with Crippen molar-refractivity contribution in [1.82, 2.24) is 5.32 Å². The van der Waals surface area contributed by atoms with Gasteiger partial charge in [0, 0.05) is 12.5 Å². The average Bonchev–Trinajstić information content (AvgIpc) is 2.89. The SMILES string of the molecule is COc1ccc([C@@H](CNC(=O)C=Cc2ccccc2)OC(=O)CCc2ccccc2)cc1OC. The summed E-state index contributed by atoms with van der Waals surface area (Å²) in [5, 5.41) is 2.82. The molecular weight excluding hydrogens is 430 g/mol. The second kappa shape index (κ2) is 12.8. The number of rotatable bonds is 11. The Morgan fingerprint density at radius 1 is 0.882 bits per heavy atom. The van der Waals surface area contributed by atoms with Crippen molar-refractivity contribution >= 4 is 18.0 Å².